The van der Waals surface area contributed by atoms with Gasteiger partial charge in [0.15, 0.2) is 0 Å². The van der Waals surface area contributed by atoms with Crippen molar-refractivity contribution in [1.29, 1.82) is 0 Å². The molecule has 98 valence electrons. The normalized spacial score (nSPS) is 19.8. The minimum absolute atomic E-state index is 0.322. The van der Waals surface area contributed by atoms with E-state index in [1.165, 1.54) is 0 Å². The lowest BCUT2D eigenvalue weighted by Crippen LogP contribution is -2.40. The summed E-state index contributed by atoms with van der Waals surface area (Å²) in [4.78, 5) is 2.79. The van der Waals surface area contributed by atoms with Gasteiger partial charge in [-0.25, -0.2) is 0 Å². The Kier molecular flexibility index (Phi) is 4.55. The predicted octanol–water partition coefficient (Wildman–Crippen LogP) is 2.33. The minimum Gasteiger partial charge on any atom is -0.389 e. The van der Waals surface area contributed by atoms with Gasteiger partial charge in [0.05, 0.1) is 6.10 Å². The number of hydrogen-bond donors (Lipinski definition) is 1. The van der Waals surface area contributed by atoms with Crippen LogP contribution in [0.1, 0.15) is 25.3 Å². The van der Waals surface area contributed by atoms with Gasteiger partial charge in [0.25, 0.3) is 0 Å². The van der Waals surface area contributed by atoms with E-state index in [1.807, 2.05) is 25.1 Å². The smallest absolute Gasteiger partial charge is 0.106 e. The minimum atomic E-state index is 0.322. The van der Waals surface area contributed by atoms with Crippen LogP contribution in [0.3, 0.4) is 0 Å². The molecule has 1 unspecified atom stereocenters. The number of nitrogens with zero attached hydrogens (tertiary/aromatic N) is 1. The van der Waals surface area contributed by atoms with Crippen LogP contribution in [0.15, 0.2) is 24.3 Å². The first-order chi connectivity index (χ1) is 8.72. The lowest BCUT2D eigenvalue weighted by molar-refractivity contribution is 0.0526. The number of hydrogen-bond acceptors (Lipinski definition) is 3. The van der Waals surface area contributed by atoms with Crippen molar-refractivity contribution in [3.63, 3.8) is 0 Å². The standard InChI is InChI=1S/C14H20N2OS/c1-2-17-11-6-5-9-16(10-11)13-8-4-3-7-12(13)14(15)18/h3-4,7-8,11H,2,5-6,9-10H2,1H3,(H2,15,18). The second-order valence-corrected chi connectivity index (χ2v) is 4.99. The Morgan fingerprint density at radius 1 is 1.50 bits per heavy atom. The molecule has 1 aliphatic heterocycles. The molecule has 2 N–H and O–H groups in total. The summed E-state index contributed by atoms with van der Waals surface area (Å²) in [6, 6.07) is 8.08. The van der Waals surface area contributed by atoms with Gasteiger partial charge in [-0.3, -0.25) is 0 Å². The molecule has 1 atom stereocenters. The molecule has 0 saturated carbocycles. The molecule has 0 amide bonds. The molecule has 1 fully saturated rings. The molecular formula is C14H20N2OS. The number of anilines is 1. The number of nitrogens with two attached hydrogens (primary N) is 1. The van der Waals surface area contributed by atoms with Gasteiger partial charge >= 0.3 is 0 Å². The summed E-state index contributed by atoms with van der Waals surface area (Å²) in [7, 11) is 0. The zero-order valence-electron chi connectivity index (χ0n) is 10.8. The molecule has 4 heteroatoms. The van der Waals surface area contributed by atoms with Crippen LogP contribution in [-0.2, 0) is 4.74 Å². The monoisotopic (exact) mass is 264 g/mol. The zero-order chi connectivity index (χ0) is 13.0. The number of thiocarbonyl (C=S) groups is 1. The maximum atomic E-state index is 5.79. The summed E-state index contributed by atoms with van der Waals surface area (Å²) in [6.07, 6.45) is 2.61. The highest BCUT2D eigenvalue weighted by molar-refractivity contribution is 7.80. The third kappa shape index (κ3) is 3.00. The Bertz CT molecular complexity index is 420. The Labute approximate surface area is 114 Å². The van der Waals surface area contributed by atoms with Crippen molar-refractivity contribution in [1.82, 2.24) is 0 Å². The van der Waals surface area contributed by atoms with Gasteiger partial charge in [-0.15, -0.1) is 0 Å². The summed E-state index contributed by atoms with van der Waals surface area (Å²) in [6.45, 7) is 4.79. The van der Waals surface area contributed by atoms with E-state index >= 15 is 0 Å². The molecule has 0 spiro atoms. The fraction of sp³-hybridized carbons (Fsp3) is 0.500. The Balaban J connectivity index is 2.18. The third-order valence-electron chi connectivity index (χ3n) is 3.29. The molecule has 1 saturated heterocycles. The second-order valence-electron chi connectivity index (χ2n) is 4.55. The highest BCUT2D eigenvalue weighted by atomic mass is 32.1. The summed E-state index contributed by atoms with van der Waals surface area (Å²) in [5.41, 5.74) is 7.88. The predicted molar refractivity (Wildman–Crippen MR) is 79.2 cm³/mol. The Hall–Kier alpha value is -1.13. The first-order valence-electron chi connectivity index (χ1n) is 6.47. The summed E-state index contributed by atoms with van der Waals surface area (Å²) >= 11 is 5.12. The maximum Gasteiger partial charge on any atom is 0.106 e. The van der Waals surface area contributed by atoms with E-state index in [0.717, 1.165) is 43.8 Å². The van der Waals surface area contributed by atoms with E-state index in [-0.39, 0.29) is 0 Å². The largest absolute Gasteiger partial charge is 0.389 e. The average molecular weight is 264 g/mol. The van der Waals surface area contributed by atoms with Gasteiger partial charge in [0.2, 0.25) is 0 Å². The number of para-hydroxylation sites is 1. The zero-order valence-corrected chi connectivity index (χ0v) is 11.6. The van der Waals surface area contributed by atoms with Crippen molar-refractivity contribution >= 4 is 22.9 Å². The van der Waals surface area contributed by atoms with Crippen LogP contribution < -0.4 is 10.6 Å². The lowest BCUT2D eigenvalue weighted by atomic mass is 10.0. The van der Waals surface area contributed by atoms with Gasteiger partial charge in [0, 0.05) is 30.9 Å². The molecule has 0 aliphatic carbocycles. The molecule has 0 bridgehead atoms. The molecule has 0 aromatic heterocycles. The Morgan fingerprint density at radius 2 is 2.28 bits per heavy atom. The van der Waals surface area contributed by atoms with Crippen molar-refractivity contribution in [2.45, 2.75) is 25.9 Å². The number of rotatable bonds is 4. The van der Waals surface area contributed by atoms with E-state index in [2.05, 4.69) is 11.0 Å². The quantitative estimate of drug-likeness (QED) is 0.847. The second kappa shape index (κ2) is 6.16. The first kappa shape index (κ1) is 13.3. The molecule has 2 rings (SSSR count). The molecular weight excluding hydrogens is 244 g/mol. The van der Waals surface area contributed by atoms with Gasteiger partial charge in [-0.1, -0.05) is 24.4 Å². The van der Waals surface area contributed by atoms with Crippen molar-refractivity contribution in [2.75, 3.05) is 24.6 Å². The lowest BCUT2D eigenvalue weighted by Gasteiger charge is -2.35. The van der Waals surface area contributed by atoms with Gasteiger partial charge < -0.3 is 15.4 Å². The van der Waals surface area contributed by atoms with Crippen LogP contribution in [-0.4, -0.2) is 30.8 Å². The Morgan fingerprint density at radius 3 is 3.00 bits per heavy atom. The van der Waals surface area contributed by atoms with Crippen LogP contribution in [0, 0.1) is 0 Å². The van der Waals surface area contributed by atoms with Crippen LogP contribution in [0.25, 0.3) is 0 Å². The van der Waals surface area contributed by atoms with Gasteiger partial charge in [-0.2, -0.15) is 0 Å². The van der Waals surface area contributed by atoms with E-state index in [1.54, 1.807) is 0 Å². The number of ether oxygens (including phenoxy) is 1. The highest BCUT2D eigenvalue weighted by Crippen LogP contribution is 2.25. The molecule has 1 aromatic rings. The van der Waals surface area contributed by atoms with Crippen LogP contribution >= 0.6 is 12.2 Å². The SMILES string of the molecule is CCOC1CCCN(c2ccccc2C(N)=S)C1. The van der Waals surface area contributed by atoms with Crippen molar-refractivity contribution in [3.05, 3.63) is 29.8 Å². The van der Waals surface area contributed by atoms with Crippen LogP contribution in [0.2, 0.25) is 0 Å². The molecule has 1 aliphatic rings. The van der Waals surface area contributed by atoms with E-state index in [4.69, 9.17) is 22.7 Å². The fourth-order valence-electron chi connectivity index (χ4n) is 2.49. The van der Waals surface area contributed by atoms with E-state index < -0.39 is 0 Å². The van der Waals surface area contributed by atoms with Crippen LogP contribution in [0.4, 0.5) is 5.69 Å². The van der Waals surface area contributed by atoms with Crippen molar-refractivity contribution < 1.29 is 4.74 Å². The van der Waals surface area contributed by atoms with Crippen molar-refractivity contribution in [2.24, 2.45) is 5.73 Å². The number of piperidine rings is 1. The van der Waals surface area contributed by atoms with E-state index in [9.17, 15) is 0 Å². The first-order valence-corrected chi connectivity index (χ1v) is 6.88. The van der Waals surface area contributed by atoms with Crippen LogP contribution in [0.5, 0.6) is 0 Å². The maximum absolute atomic E-state index is 5.79. The summed E-state index contributed by atoms with van der Waals surface area (Å²) < 4.78 is 5.73. The van der Waals surface area contributed by atoms with Crippen molar-refractivity contribution in [3.8, 4) is 0 Å². The fourth-order valence-corrected chi connectivity index (χ4v) is 2.66. The highest BCUT2D eigenvalue weighted by Gasteiger charge is 2.22. The van der Waals surface area contributed by atoms with Gasteiger partial charge in [-0.05, 0) is 31.9 Å². The van der Waals surface area contributed by atoms with Gasteiger partial charge in [0.1, 0.15) is 4.99 Å². The molecule has 0 radical (unpaired) electrons. The number of benzene rings is 1. The average Bonchev–Trinajstić information content (AvgIpc) is 2.39. The third-order valence-corrected chi connectivity index (χ3v) is 3.51. The van der Waals surface area contributed by atoms with E-state index in [0.29, 0.717) is 11.1 Å². The molecule has 1 aromatic carbocycles. The summed E-state index contributed by atoms with van der Waals surface area (Å²) in [5, 5.41) is 0. The topological polar surface area (TPSA) is 38.5 Å². The molecule has 1 heterocycles. The molecule has 3 nitrogen and oxygen atoms in total. The summed E-state index contributed by atoms with van der Waals surface area (Å²) in [5.74, 6) is 0. The molecule has 18 heavy (non-hydrogen) atoms.